The molecule has 178 valence electrons. The van der Waals surface area contributed by atoms with Crippen LogP contribution in [0.1, 0.15) is 28.4 Å². The molecule has 2 aliphatic heterocycles. The number of aromatic amines is 1. The highest BCUT2D eigenvalue weighted by atomic mass is 35.5. The average molecular weight is 504 g/mol. The molecule has 0 spiro atoms. The lowest BCUT2D eigenvalue weighted by Gasteiger charge is -2.40. The van der Waals surface area contributed by atoms with Crippen molar-refractivity contribution < 1.29 is 9.47 Å². The molecule has 2 atom stereocenters. The van der Waals surface area contributed by atoms with Gasteiger partial charge in [-0.25, -0.2) is 0 Å². The van der Waals surface area contributed by atoms with E-state index in [1.54, 1.807) is 14.2 Å². The number of aromatic nitrogens is 1. The molecule has 7 heteroatoms. The standard InChI is InChI=1S/C28H26ClN3O2S/c1-33-20-8-3-17(4-9-20)25-16-35-28(31-25)32-14-13-22-23-15-19(29)7-12-24(23)30-26(22)27(32)18-5-10-21(34-2)11-6-18/h3-12,15-16,27-28,30-31H,13-14H2,1-2H3. The Bertz CT molecular complexity index is 1400. The fourth-order valence-electron chi connectivity index (χ4n) is 5.09. The van der Waals surface area contributed by atoms with E-state index in [0.717, 1.165) is 46.3 Å². The number of rotatable bonds is 5. The van der Waals surface area contributed by atoms with E-state index in [1.807, 2.05) is 42.1 Å². The first-order valence-electron chi connectivity index (χ1n) is 11.6. The summed E-state index contributed by atoms with van der Waals surface area (Å²) in [7, 11) is 3.39. The van der Waals surface area contributed by atoms with E-state index >= 15 is 0 Å². The summed E-state index contributed by atoms with van der Waals surface area (Å²) in [5, 5.41) is 7.97. The molecule has 0 saturated carbocycles. The van der Waals surface area contributed by atoms with Crippen LogP contribution in [0.25, 0.3) is 16.6 Å². The van der Waals surface area contributed by atoms with Crippen LogP contribution in [0, 0.1) is 0 Å². The van der Waals surface area contributed by atoms with E-state index in [2.05, 4.69) is 57.0 Å². The van der Waals surface area contributed by atoms with Crippen molar-refractivity contribution in [3.63, 3.8) is 0 Å². The van der Waals surface area contributed by atoms with Crippen molar-refractivity contribution in [2.75, 3.05) is 20.8 Å². The molecule has 1 aromatic heterocycles. The number of fused-ring (bicyclic) bond motifs is 3. The van der Waals surface area contributed by atoms with Crippen LogP contribution in [0.15, 0.2) is 72.1 Å². The van der Waals surface area contributed by atoms with Gasteiger partial charge in [-0.05, 0) is 83.1 Å². The molecule has 3 aromatic carbocycles. The van der Waals surface area contributed by atoms with E-state index in [4.69, 9.17) is 21.1 Å². The lowest BCUT2D eigenvalue weighted by atomic mass is 9.92. The number of nitrogens with zero attached hydrogens (tertiary/aromatic N) is 1. The molecule has 2 N–H and O–H groups in total. The van der Waals surface area contributed by atoms with E-state index in [1.165, 1.54) is 22.2 Å². The Hall–Kier alpha value is -3.06. The summed E-state index contributed by atoms with van der Waals surface area (Å²) in [5.74, 6) is 1.72. The summed E-state index contributed by atoms with van der Waals surface area (Å²) in [6, 6.07) is 22.8. The summed E-state index contributed by atoms with van der Waals surface area (Å²) in [6.45, 7) is 0.928. The van der Waals surface area contributed by atoms with Crippen molar-refractivity contribution in [3.05, 3.63) is 99.5 Å². The second-order valence-corrected chi connectivity index (χ2v) is 10.2. The second-order valence-electron chi connectivity index (χ2n) is 8.76. The fraction of sp³-hybridized carbons (Fsp3) is 0.214. The molecule has 3 heterocycles. The van der Waals surface area contributed by atoms with Gasteiger partial charge in [-0.15, -0.1) is 0 Å². The van der Waals surface area contributed by atoms with Crippen molar-refractivity contribution in [1.29, 1.82) is 0 Å². The lowest BCUT2D eigenvalue weighted by molar-refractivity contribution is 0.186. The third-order valence-electron chi connectivity index (χ3n) is 6.85. The Balaban J connectivity index is 1.36. The van der Waals surface area contributed by atoms with Crippen molar-refractivity contribution in [1.82, 2.24) is 15.2 Å². The van der Waals surface area contributed by atoms with Gasteiger partial charge in [-0.3, -0.25) is 4.90 Å². The van der Waals surface area contributed by atoms with Crippen LogP contribution in [0.3, 0.4) is 0 Å². The summed E-state index contributed by atoms with van der Waals surface area (Å²) in [6.07, 6.45) is 0.957. The van der Waals surface area contributed by atoms with Gasteiger partial charge in [-0.2, -0.15) is 0 Å². The largest absolute Gasteiger partial charge is 0.497 e. The molecule has 2 aliphatic rings. The molecule has 4 aromatic rings. The molecule has 0 aliphatic carbocycles. The molecule has 6 rings (SSSR count). The van der Waals surface area contributed by atoms with Crippen LogP contribution in [0.2, 0.25) is 5.02 Å². The quantitative estimate of drug-likeness (QED) is 0.330. The minimum atomic E-state index is 0.0736. The van der Waals surface area contributed by atoms with Crippen LogP contribution >= 0.6 is 23.4 Å². The van der Waals surface area contributed by atoms with Gasteiger partial charge in [-0.1, -0.05) is 35.5 Å². The first kappa shape index (κ1) is 22.4. The van der Waals surface area contributed by atoms with Crippen molar-refractivity contribution in [3.8, 4) is 11.5 Å². The van der Waals surface area contributed by atoms with Gasteiger partial charge in [0.25, 0.3) is 0 Å². The summed E-state index contributed by atoms with van der Waals surface area (Å²) in [4.78, 5) is 6.27. The summed E-state index contributed by atoms with van der Waals surface area (Å²) >= 11 is 8.18. The minimum Gasteiger partial charge on any atom is -0.497 e. The first-order valence-corrected chi connectivity index (χ1v) is 12.9. The van der Waals surface area contributed by atoms with Gasteiger partial charge >= 0.3 is 0 Å². The van der Waals surface area contributed by atoms with Gasteiger partial charge in [0.05, 0.1) is 20.3 Å². The number of nitrogens with one attached hydrogen (secondary N) is 2. The van der Waals surface area contributed by atoms with Crippen LogP contribution in [-0.2, 0) is 6.42 Å². The normalized spacial score (nSPS) is 19.8. The van der Waals surface area contributed by atoms with Crippen LogP contribution in [-0.4, -0.2) is 36.1 Å². The van der Waals surface area contributed by atoms with Gasteiger partial charge < -0.3 is 19.8 Å². The highest BCUT2D eigenvalue weighted by molar-refractivity contribution is 8.03. The zero-order valence-electron chi connectivity index (χ0n) is 19.5. The van der Waals surface area contributed by atoms with Crippen LogP contribution in [0.4, 0.5) is 0 Å². The highest BCUT2D eigenvalue weighted by Gasteiger charge is 2.37. The maximum Gasteiger partial charge on any atom is 0.133 e. The second kappa shape index (κ2) is 9.19. The van der Waals surface area contributed by atoms with E-state index in [0.29, 0.717) is 0 Å². The molecule has 0 amide bonds. The van der Waals surface area contributed by atoms with E-state index in [-0.39, 0.29) is 11.5 Å². The van der Waals surface area contributed by atoms with E-state index < -0.39 is 0 Å². The number of ether oxygens (including phenoxy) is 2. The van der Waals surface area contributed by atoms with Gasteiger partial charge in [0.2, 0.25) is 0 Å². The van der Waals surface area contributed by atoms with Crippen LogP contribution < -0.4 is 14.8 Å². The summed E-state index contributed by atoms with van der Waals surface area (Å²) < 4.78 is 10.7. The van der Waals surface area contributed by atoms with E-state index in [9.17, 15) is 0 Å². The zero-order valence-corrected chi connectivity index (χ0v) is 21.1. The molecule has 0 radical (unpaired) electrons. The monoisotopic (exact) mass is 503 g/mol. The van der Waals surface area contributed by atoms with Crippen molar-refractivity contribution in [2.45, 2.75) is 18.0 Å². The number of benzene rings is 3. The number of H-pyrrole nitrogens is 1. The third kappa shape index (κ3) is 4.05. The summed E-state index contributed by atoms with van der Waals surface area (Å²) in [5.41, 5.74) is 7.34. The zero-order chi connectivity index (χ0) is 23.9. The maximum absolute atomic E-state index is 6.36. The Labute approximate surface area is 214 Å². The number of methoxy groups -OCH3 is 2. The maximum atomic E-state index is 6.36. The molecule has 0 fully saturated rings. The molecule has 35 heavy (non-hydrogen) atoms. The Kier molecular flexibility index (Phi) is 5.88. The predicted molar refractivity (Wildman–Crippen MR) is 144 cm³/mol. The highest BCUT2D eigenvalue weighted by Crippen LogP contribution is 2.43. The van der Waals surface area contributed by atoms with Gasteiger partial charge in [0.1, 0.15) is 17.0 Å². The number of hydrogen-bond acceptors (Lipinski definition) is 5. The topological polar surface area (TPSA) is 49.5 Å². The van der Waals surface area contributed by atoms with Crippen molar-refractivity contribution in [2.24, 2.45) is 0 Å². The smallest absolute Gasteiger partial charge is 0.133 e. The lowest BCUT2D eigenvalue weighted by Crippen LogP contribution is -2.46. The first-order chi connectivity index (χ1) is 17.1. The number of hydrogen-bond donors (Lipinski definition) is 2. The Morgan fingerprint density at radius 1 is 0.943 bits per heavy atom. The van der Waals surface area contributed by atoms with Gasteiger partial charge in [0, 0.05) is 33.9 Å². The molecular weight excluding hydrogens is 478 g/mol. The SMILES string of the molecule is COc1ccc(C2=CSC(N3CCc4c([nH]c5ccc(Cl)cc45)C3c3ccc(OC)cc3)N2)cc1. The molecular formula is C28H26ClN3O2S. The number of halogens is 1. The third-order valence-corrected chi connectivity index (χ3v) is 8.11. The predicted octanol–water partition coefficient (Wildman–Crippen LogP) is 6.40. The molecule has 2 unspecified atom stereocenters. The Morgan fingerprint density at radius 3 is 2.37 bits per heavy atom. The van der Waals surface area contributed by atoms with Gasteiger partial charge in [0.15, 0.2) is 0 Å². The molecule has 0 saturated heterocycles. The van der Waals surface area contributed by atoms with Crippen molar-refractivity contribution >= 4 is 40.0 Å². The Morgan fingerprint density at radius 2 is 1.66 bits per heavy atom. The molecule has 0 bridgehead atoms. The minimum absolute atomic E-state index is 0.0736. The fourth-order valence-corrected chi connectivity index (χ4v) is 6.31. The molecule has 5 nitrogen and oxygen atoms in total. The van der Waals surface area contributed by atoms with Crippen LogP contribution in [0.5, 0.6) is 11.5 Å². The average Bonchev–Trinajstić information content (AvgIpc) is 3.53. The number of thioether (sulfide) groups is 1.